The molecule has 1 amide bonds. The number of pyridine rings is 1. The lowest BCUT2D eigenvalue weighted by molar-refractivity contribution is 0.0953. The maximum Gasteiger partial charge on any atom is 0.263 e. The number of ether oxygens (including phenoxy) is 2. The number of nitrogens with zero attached hydrogens (tertiary/aromatic N) is 1. The lowest BCUT2D eigenvalue weighted by atomic mass is 9.98. The minimum atomic E-state index is -0.285. The summed E-state index contributed by atoms with van der Waals surface area (Å²) in [6.45, 7) is 0.263. The molecule has 0 radical (unpaired) electrons. The highest BCUT2D eigenvalue weighted by molar-refractivity contribution is 7.21. The molecule has 5 aromatic rings. The summed E-state index contributed by atoms with van der Waals surface area (Å²) < 4.78 is 16.5. The van der Waals surface area contributed by atoms with Crippen molar-refractivity contribution < 1.29 is 18.7 Å². The van der Waals surface area contributed by atoms with Crippen LogP contribution in [-0.4, -0.2) is 25.1 Å². The number of hydrogen-bond acceptors (Lipinski definition) is 7. The van der Waals surface area contributed by atoms with Crippen LogP contribution in [0.15, 0.2) is 77.4 Å². The molecule has 7 nitrogen and oxygen atoms in total. The molecule has 0 spiro atoms. The minimum Gasteiger partial charge on any atom is -0.497 e. The van der Waals surface area contributed by atoms with Crippen LogP contribution in [0.25, 0.3) is 32.6 Å². The number of carbonyl (C=O) groups is 1. The topological polar surface area (TPSA) is 99.6 Å². The summed E-state index contributed by atoms with van der Waals surface area (Å²) in [5.41, 5.74) is 10.3. The number of fused-ring (bicyclic) bond motifs is 1. The summed E-state index contributed by atoms with van der Waals surface area (Å²) in [5, 5.41) is 3.57. The SMILES string of the molecule is COc1ccc(OC)c(-c2cc(-c3ccccc3)nc3sc(C(=O)NCc4ccco4)c(N)c23)c1. The second-order valence-electron chi connectivity index (χ2n) is 7.77. The molecule has 0 unspecified atom stereocenters. The van der Waals surface area contributed by atoms with E-state index in [4.69, 9.17) is 24.6 Å². The molecular weight excluding hydrogens is 462 g/mol. The van der Waals surface area contributed by atoms with Gasteiger partial charge in [-0.1, -0.05) is 30.3 Å². The van der Waals surface area contributed by atoms with Crippen molar-refractivity contribution in [3.8, 4) is 33.9 Å². The van der Waals surface area contributed by atoms with Gasteiger partial charge in [0, 0.05) is 22.1 Å². The van der Waals surface area contributed by atoms with E-state index in [2.05, 4.69) is 5.32 Å². The van der Waals surface area contributed by atoms with Crippen molar-refractivity contribution in [3.63, 3.8) is 0 Å². The van der Waals surface area contributed by atoms with Gasteiger partial charge in [0.1, 0.15) is 27.0 Å². The van der Waals surface area contributed by atoms with Crippen LogP contribution in [-0.2, 0) is 6.54 Å². The van der Waals surface area contributed by atoms with Gasteiger partial charge in [-0.15, -0.1) is 11.3 Å². The van der Waals surface area contributed by atoms with Crippen molar-refractivity contribution in [3.05, 3.63) is 83.6 Å². The van der Waals surface area contributed by atoms with Crippen molar-refractivity contribution in [2.24, 2.45) is 0 Å². The Labute approximate surface area is 206 Å². The van der Waals surface area contributed by atoms with E-state index in [0.717, 1.165) is 22.4 Å². The van der Waals surface area contributed by atoms with Crippen molar-refractivity contribution in [2.45, 2.75) is 6.54 Å². The minimum absolute atomic E-state index is 0.263. The van der Waals surface area contributed by atoms with Gasteiger partial charge in [-0.3, -0.25) is 4.79 Å². The first-order valence-corrected chi connectivity index (χ1v) is 11.7. The number of anilines is 1. The van der Waals surface area contributed by atoms with E-state index in [1.807, 2.05) is 54.6 Å². The van der Waals surface area contributed by atoms with Crippen LogP contribution in [0.2, 0.25) is 0 Å². The van der Waals surface area contributed by atoms with E-state index >= 15 is 0 Å². The number of methoxy groups -OCH3 is 2. The number of rotatable bonds is 7. The predicted octanol–water partition coefficient (Wildman–Crippen LogP) is 5.75. The number of aromatic nitrogens is 1. The Morgan fingerprint density at radius 1 is 1.03 bits per heavy atom. The van der Waals surface area contributed by atoms with Crippen LogP contribution in [0.4, 0.5) is 5.69 Å². The molecule has 0 bridgehead atoms. The van der Waals surface area contributed by atoms with Crippen molar-refractivity contribution in [1.82, 2.24) is 10.3 Å². The van der Waals surface area contributed by atoms with E-state index in [0.29, 0.717) is 38.0 Å². The van der Waals surface area contributed by atoms with Crippen LogP contribution >= 0.6 is 11.3 Å². The number of benzene rings is 2. The number of thiophene rings is 1. The lowest BCUT2D eigenvalue weighted by Gasteiger charge is -2.13. The first-order valence-electron chi connectivity index (χ1n) is 10.9. The normalized spacial score (nSPS) is 10.9. The number of carbonyl (C=O) groups excluding carboxylic acids is 1. The second kappa shape index (κ2) is 9.52. The van der Waals surface area contributed by atoms with Crippen molar-refractivity contribution >= 4 is 33.1 Å². The average Bonchev–Trinajstić information content (AvgIpc) is 3.55. The third-order valence-electron chi connectivity index (χ3n) is 5.67. The van der Waals surface area contributed by atoms with Crippen LogP contribution in [0, 0.1) is 0 Å². The lowest BCUT2D eigenvalue weighted by Crippen LogP contribution is -2.22. The molecule has 0 fully saturated rings. The molecule has 176 valence electrons. The largest absolute Gasteiger partial charge is 0.497 e. The Hall–Kier alpha value is -4.30. The van der Waals surface area contributed by atoms with Gasteiger partial charge >= 0.3 is 0 Å². The molecule has 3 heterocycles. The number of nitrogens with one attached hydrogen (secondary N) is 1. The van der Waals surface area contributed by atoms with Crippen molar-refractivity contribution in [2.75, 3.05) is 20.0 Å². The van der Waals surface area contributed by atoms with E-state index in [1.54, 1.807) is 32.6 Å². The van der Waals surface area contributed by atoms with Crippen molar-refractivity contribution in [1.29, 1.82) is 0 Å². The third kappa shape index (κ3) is 4.31. The quantitative estimate of drug-likeness (QED) is 0.304. The fourth-order valence-corrected chi connectivity index (χ4v) is 4.98. The summed E-state index contributed by atoms with van der Waals surface area (Å²) in [4.78, 5) is 19.0. The number of hydrogen-bond donors (Lipinski definition) is 2. The van der Waals surface area contributed by atoms with Gasteiger partial charge in [0.15, 0.2) is 0 Å². The fourth-order valence-electron chi connectivity index (χ4n) is 3.94. The predicted molar refractivity (Wildman–Crippen MR) is 138 cm³/mol. The van der Waals surface area contributed by atoms with Gasteiger partial charge < -0.3 is 24.9 Å². The maximum absolute atomic E-state index is 13.1. The van der Waals surface area contributed by atoms with Gasteiger partial charge in [-0.25, -0.2) is 4.98 Å². The second-order valence-corrected chi connectivity index (χ2v) is 8.77. The Bertz CT molecular complexity index is 1490. The van der Waals surface area contributed by atoms with Crippen LogP contribution < -0.4 is 20.5 Å². The van der Waals surface area contributed by atoms with Gasteiger partial charge in [0.2, 0.25) is 0 Å². The molecule has 8 heteroatoms. The zero-order valence-corrected chi connectivity index (χ0v) is 20.0. The summed E-state index contributed by atoms with van der Waals surface area (Å²) >= 11 is 1.26. The van der Waals surface area contributed by atoms with Gasteiger partial charge in [0.25, 0.3) is 5.91 Å². The van der Waals surface area contributed by atoms with E-state index in [9.17, 15) is 4.79 Å². The Kier molecular flexibility index (Phi) is 6.12. The van der Waals surface area contributed by atoms with Gasteiger partial charge in [-0.05, 0) is 36.4 Å². The first-order chi connectivity index (χ1) is 17.1. The summed E-state index contributed by atoms with van der Waals surface area (Å²) in [7, 11) is 3.23. The molecule has 0 saturated heterocycles. The molecule has 35 heavy (non-hydrogen) atoms. The zero-order chi connectivity index (χ0) is 24.4. The van der Waals surface area contributed by atoms with E-state index in [-0.39, 0.29) is 12.5 Å². The Morgan fingerprint density at radius 3 is 2.57 bits per heavy atom. The highest BCUT2D eigenvalue weighted by atomic mass is 32.1. The van der Waals surface area contributed by atoms with Crippen LogP contribution in [0.1, 0.15) is 15.4 Å². The van der Waals surface area contributed by atoms with Crippen LogP contribution in [0.3, 0.4) is 0 Å². The summed E-state index contributed by atoms with van der Waals surface area (Å²) in [5.74, 6) is 1.71. The smallest absolute Gasteiger partial charge is 0.263 e. The first kappa shape index (κ1) is 22.5. The molecule has 0 aliphatic rings. The van der Waals surface area contributed by atoms with E-state index < -0.39 is 0 Å². The molecule has 0 aliphatic carbocycles. The standard InChI is InChI=1S/C27H23N3O4S/c1-32-17-10-11-22(33-2)19(13-17)20-14-21(16-7-4-3-5-8-16)30-27-23(20)24(28)25(35-27)26(31)29-15-18-9-6-12-34-18/h3-14H,15,28H2,1-2H3,(H,29,31). The zero-order valence-electron chi connectivity index (χ0n) is 19.2. The third-order valence-corrected chi connectivity index (χ3v) is 6.77. The molecule has 0 atom stereocenters. The molecule has 3 N–H and O–H groups in total. The fraction of sp³-hybridized carbons (Fsp3) is 0.111. The molecule has 0 aliphatic heterocycles. The number of furan rings is 1. The number of nitrogens with two attached hydrogens (primary N) is 1. The van der Waals surface area contributed by atoms with E-state index in [1.165, 1.54) is 11.3 Å². The molecule has 5 rings (SSSR count). The summed E-state index contributed by atoms with van der Waals surface area (Å²) in [6, 6.07) is 21.0. The molecule has 2 aromatic carbocycles. The van der Waals surface area contributed by atoms with Gasteiger partial charge in [-0.2, -0.15) is 0 Å². The molecule has 0 saturated carbocycles. The highest BCUT2D eigenvalue weighted by Crippen LogP contribution is 2.44. The number of amides is 1. The van der Waals surface area contributed by atoms with Crippen LogP contribution in [0.5, 0.6) is 11.5 Å². The Morgan fingerprint density at radius 2 is 1.86 bits per heavy atom. The maximum atomic E-state index is 13.1. The Balaban J connectivity index is 1.69. The van der Waals surface area contributed by atoms with Gasteiger partial charge in [0.05, 0.1) is 38.4 Å². The molecule has 3 aromatic heterocycles. The average molecular weight is 486 g/mol. The monoisotopic (exact) mass is 485 g/mol. The number of nitrogen functional groups attached to an aromatic ring is 1. The molecular formula is C27H23N3O4S. The summed E-state index contributed by atoms with van der Waals surface area (Å²) in [6.07, 6.45) is 1.57. The highest BCUT2D eigenvalue weighted by Gasteiger charge is 2.23.